The van der Waals surface area contributed by atoms with Gasteiger partial charge in [-0.15, -0.1) is 0 Å². The average Bonchev–Trinajstić information content (AvgIpc) is 2.74. The summed E-state index contributed by atoms with van der Waals surface area (Å²) in [5.41, 5.74) is 0. The van der Waals surface area contributed by atoms with Crippen molar-refractivity contribution in [3.05, 3.63) is 41.6 Å². The molecule has 100 valence electrons. The molecular weight excluding hydrogens is 312 g/mol. The molecule has 2 aromatic rings. The molecule has 0 aliphatic heterocycles. The normalized spacial score (nSPS) is 11.6. The molecule has 0 radical (unpaired) electrons. The van der Waals surface area contributed by atoms with Crippen LogP contribution in [0.4, 0.5) is 0 Å². The number of hydrogen-bond acceptors (Lipinski definition) is 5. The van der Waals surface area contributed by atoms with Crippen LogP contribution in [0, 0.1) is 6.92 Å². The highest BCUT2D eigenvalue weighted by Crippen LogP contribution is 2.35. The summed E-state index contributed by atoms with van der Waals surface area (Å²) >= 11 is 16.9. The minimum absolute atomic E-state index is 0.0388. The van der Waals surface area contributed by atoms with Crippen LogP contribution in [-0.2, 0) is 10.2 Å². The van der Waals surface area contributed by atoms with E-state index in [1.165, 1.54) is 0 Å². The van der Waals surface area contributed by atoms with Crippen LogP contribution in [0.2, 0.25) is 0 Å². The van der Waals surface area contributed by atoms with E-state index in [1.807, 2.05) is 0 Å². The number of carbonyl (C=O) groups excluding carboxylic acids is 1. The molecule has 2 rings (SSSR count). The Morgan fingerprint density at radius 2 is 2.05 bits per heavy atom. The van der Waals surface area contributed by atoms with E-state index in [4.69, 9.17) is 39.2 Å². The second kappa shape index (κ2) is 5.45. The fourth-order valence-corrected chi connectivity index (χ4v) is 1.66. The van der Waals surface area contributed by atoms with Gasteiger partial charge in [0.05, 0.1) is 6.42 Å². The van der Waals surface area contributed by atoms with Crippen molar-refractivity contribution in [1.82, 2.24) is 15.0 Å². The maximum atomic E-state index is 12.0. The fraction of sp³-hybridized carbons (Fsp3) is 0.273. The summed E-state index contributed by atoms with van der Waals surface area (Å²) < 4.78 is 3.51. The van der Waals surface area contributed by atoms with Crippen molar-refractivity contribution < 1.29 is 9.21 Å². The largest absolute Gasteiger partial charge is 0.466 e. The minimum Gasteiger partial charge on any atom is -0.466 e. The first-order chi connectivity index (χ1) is 8.86. The second-order valence-corrected chi connectivity index (χ2v) is 6.02. The van der Waals surface area contributed by atoms with E-state index in [0.717, 1.165) is 12.1 Å². The fourth-order valence-electron chi connectivity index (χ4n) is 1.38. The monoisotopic (exact) mass is 319 g/mol. The molecule has 8 heteroatoms. The topological polar surface area (TPSA) is 68.9 Å². The molecule has 0 bridgehead atoms. The summed E-state index contributed by atoms with van der Waals surface area (Å²) in [5.74, 6) is 0.753. The number of hydrogen-bond donors (Lipinski definition) is 0. The lowest BCUT2D eigenvalue weighted by Gasteiger charge is -2.08. The lowest BCUT2D eigenvalue weighted by molar-refractivity contribution is 0.0976. The van der Waals surface area contributed by atoms with Gasteiger partial charge in [-0.25, -0.2) is 15.0 Å². The Bertz CT molecular complexity index is 607. The van der Waals surface area contributed by atoms with E-state index >= 15 is 0 Å². The molecule has 0 amide bonds. The zero-order chi connectivity index (χ0) is 14.0. The van der Waals surface area contributed by atoms with Crippen LogP contribution in [0.25, 0.3) is 0 Å². The van der Waals surface area contributed by atoms with Crippen LogP contribution < -0.4 is 0 Å². The lowest BCUT2D eigenvalue weighted by Crippen LogP contribution is -2.15. The Morgan fingerprint density at radius 1 is 1.32 bits per heavy atom. The summed E-state index contributed by atoms with van der Waals surface area (Å²) in [6.45, 7) is 1.79. The SMILES string of the molecule is Cc1ccc(CC(=O)c2ncnc(C(Cl)(Cl)Cl)n2)o1. The number of aromatic nitrogens is 3. The Labute approximate surface area is 123 Å². The van der Waals surface area contributed by atoms with E-state index in [9.17, 15) is 4.79 Å². The number of Topliss-reactive ketones (excluding diaryl/α,β-unsaturated/α-hetero) is 1. The minimum atomic E-state index is -1.79. The van der Waals surface area contributed by atoms with Crippen LogP contribution in [0.3, 0.4) is 0 Å². The van der Waals surface area contributed by atoms with Gasteiger partial charge in [-0.05, 0) is 19.1 Å². The summed E-state index contributed by atoms with van der Waals surface area (Å²) in [5, 5.41) is 0. The van der Waals surface area contributed by atoms with Gasteiger partial charge in [-0.2, -0.15) is 0 Å². The summed E-state index contributed by atoms with van der Waals surface area (Å²) in [7, 11) is 0. The molecule has 0 unspecified atom stereocenters. The van der Waals surface area contributed by atoms with Crippen molar-refractivity contribution in [2.45, 2.75) is 17.1 Å². The number of halogens is 3. The van der Waals surface area contributed by atoms with E-state index in [-0.39, 0.29) is 23.9 Å². The second-order valence-electron chi connectivity index (χ2n) is 3.74. The first-order valence-electron chi connectivity index (χ1n) is 5.21. The summed E-state index contributed by atoms with van der Waals surface area (Å²) in [4.78, 5) is 23.3. The Balaban J connectivity index is 2.20. The number of rotatable bonds is 3. The Morgan fingerprint density at radius 3 is 2.63 bits per heavy atom. The quantitative estimate of drug-likeness (QED) is 0.642. The third-order valence-corrected chi connectivity index (χ3v) is 2.71. The third kappa shape index (κ3) is 3.65. The molecule has 0 saturated heterocycles. The molecule has 19 heavy (non-hydrogen) atoms. The van der Waals surface area contributed by atoms with Crippen LogP contribution in [0.5, 0.6) is 0 Å². The molecule has 0 aliphatic rings. The van der Waals surface area contributed by atoms with Gasteiger partial charge in [0.25, 0.3) is 0 Å². The average molecular weight is 321 g/mol. The Hall–Kier alpha value is -1.17. The molecule has 0 saturated carbocycles. The maximum Gasteiger partial charge on any atom is 0.250 e. The van der Waals surface area contributed by atoms with Crippen molar-refractivity contribution in [3.63, 3.8) is 0 Å². The molecule has 0 spiro atoms. The first-order valence-corrected chi connectivity index (χ1v) is 6.34. The van der Waals surface area contributed by atoms with Crippen LogP contribution >= 0.6 is 34.8 Å². The molecule has 2 aromatic heterocycles. The van der Waals surface area contributed by atoms with Crippen molar-refractivity contribution >= 4 is 40.6 Å². The molecule has 2 heterocycles. The number of nitrogens with zero attached hydrogens (tertiary/aromatic N) is 3. The highest BCUT2D eigenvalue weighted by Gasteiger charge is 2.28. The highest BCUT2D eigenvalue weighted by molar-refractivity contribution is 6.66. The van der Waals surface area contributed by atoms with Gasteiger partial charge in [0.2, 0.25) is 9.58 Å². The molecule has 5 nitrogen and oxygen atoms in total. The van der Waals surface area contributed by atoms with E-state index in [0.29, 0.717) is 5.76 Å². The van der Waals surface area contributed by atoms with Gasteiger partial charge in [0, 0.05) is 0 Å². The highest BCUT2D eigenvalue weighted by atomic mass is 35.6. The standard InChI is InChI=1S/C11H8Cl3N3O2/c1-6-2-3-7(19-6)4-8(18)9-15-5-16-10(17-9)11(12,13)14/h2-3,5H,4H2,1H3. The number of ketones is 1. The van der Waals surface area contributed by atoms with Crippen LogP contribution in [-0.4, -0.2) is 20.7 Å². The lowest BCUT2D eigenvalue weighted by atomic mass is 10.2. The summed E-state index contributed by atoms with van der Waals surface area (Å²) in [6, 6.07) is 3.48. The zero-order valence-electron chi connectivity index (χ0n) is 9.73. The number of alkyl halides is 3. The molecule has 0 aliphatic carbocycles. The van der Waals surface area contributed by atoms with Gasteiger partial charge >= 0.3 is 0 Å². The van der Waals surface area contributed by atoms with Crippen molar-refractivity contribution in [2.24, 2.45) is 0 Å². The number of carbonyl (C=O) groups is 1. The van der Waals surface area contributed by atoms with Crippen molar-refractivity contribution in [1.29, 1.82) is 0 Å². The van der Waals surface area contributed by atoms with E-state index in [2.05, 4.69) is 15.0 Å². The van der Waals surface area contributed by atoms with Gasteiger partial charge < -0.3 is 4.42 Å². The molecule has 0 N–H and O–H groups in total. The third-order valence-electron chi connectivity index (χ3n) is 2.21. The maximum absolute atomic E-state index is 12.0. The van der Waals surface area contributed by atoms with E-state index < -0.39 is 3.79 Å². The van der Waals surface area contributed by atoms with Gasteiger partial charge in [0.1, 0.15) is 17.8 Å². The van der Waals surface area contributed by atoms with Crippen LogP contribution in [0.15, 0.2) is 22.9 Å². The zero-order valence-corrected chi connectivity index (χ0v) is 12.0. The van der Waals surface area contributed by atoms with Gasteiger partial charge in [0.15, 0.2) is 11.6 Å². The van der Waals surface area contributed by atoms with Gasteiger partial charge in [-0.3, -0.25) is 4.79 Å². The predicted octanol–water partition coefficient (Wildman–Crippen LogP) is 3.03. The molecule has 0 atom stereocenters. The summed E-state index contributed by atoms with van der Waals surface area (Å²) in [6.07, 6.45) is 1.17. The van der Waals surface area contributed by atoms with Crippen LogP contribution in [0.1, 0.15) is 28.0 Å². The number of furan rings is 1. The molecule has 0 fully saturated rings. The van der Waals surface area contributed by atoms with E-state index in [1.54, 1.807) is 19.1 Å². The molecular formula is C11H8Cl3N3O2. The van der Waals surface area contributed by atoms with Crippen molar-refractivity contribution in [3.8, 4) is 0 Å². The first kappa shape index (κ1) is 14.2. The Kier molecular flexibility index (Phi) is 4.08. The predicted molar refractivity (Wildman–Crippen MR) is 70.5 cm³/mol. The smallest absolute Gasteiger partial charge is 0.250 e. The molecule has 0 aromatic carbocycles. The van der Waals surface area contributed by atoms with Crippen molar-refractivity contribution in [2.75, 3.05) is 0 Å². The number of aryl methyl sites for hydroxylation is 1. The van der Waals surface area contributed by atoms with Gasteiger partial charge in [-0.1, -0.05) is 34.8 Å².